The summed E-state index contributed by atoms with van der Waals surface area (Å²) in [6.45, 7) is 10.4. The third kappa shape index (κ3) is 11.0. The van der Waals surface area contributed by atoms with Gasteiger partial charge in [-0.25, -0.2) is 5.01 Å². The van der Waals surface area contributed by atoms with E-state index in [0.29, 0.717) is 12.8 Å². The maximum Gasteiger partial charge on any atom is 0.238 e. The molecule has 0 aromatic heterocycles. The molecule has 2 N–H and O–H groups in total. The lowest BCUT2D eigenvalue weighted by molar-refractivity contribution is -0.138. The predicted molar refractivity (Wildman–Crippen MR) is 114 cm³/mol. The van der Waals surface area contributed by atoms with Crippen LogP contribution >= 0.6 is 0 Å². The molecule has 0 aromatic rings. The van der Waals surface area contributed by atoms with Crippen LogP contribution in [-0.2, 0) is 9.59 Å². The molecule has 0 radical (unpaired) electrons. The van der Waals surface area contributed by atoms with E-state index in [-0.39, 0.29) is 23.5 Å². The second-order valence-corrected chi connectivity index (χ2v) is 9.12. The number of carbonyl (C=O) groups is 2. The molecule has 1 aliphatic rings. The highest BCUT2D eigenvalue weighted by molar-refractivity contribution is 5.77. The van der Waals surface area contributed by atoms with Crippen LogP contribution < -0.4 is 5.32 Å². The minimum atomic E-state index is -0.261. The summed E-state index contributed by atoms with van der Waals surface area (Å²) in [4.78, 5) is 24.0. The number of aliphatic hydroxyl groups is 1. The van der Waals surface area contributed by atoms with Crippen LogP contribution in [0.4, 0.5) is 0 Å². The van der Waals surface area contributed by atoms with E-state index in [9.17, 15) is 14.7 Å². The molecule has 6 heteroatoms. The molecule has 28 heavy (non-hydrogen) atoms. The van der Waals surface area contributed by atoms with Crippen LogP contribution in [0.1, 0.15) is 98.3 Å². The van der Waals surface area contributed by atoms with Gasteiger partial charge in [0.25, 0.3) is 0 Å². The lowest BCUT2D eigenvalue weighted by atomic mass is 10.1. The first-order chi connectivity index (χ1) is 13.2. The summed E-state index contributed by atoms with van der Waals surface area (Å²) >= 11 is 0. The van der Waals surface area contributed by atoms with E-state index in [1.54, 1.807) is 0 Å². The molecule has 6 nitrogen and oxygen atoms in total. The van der Waals surface area contributed by atoms with Crippen molar-refractivity contribution in [3.05, 3.63) is 0 Å². The smallest absolute Gasteiger partial charge is 0.238 e. The molecule has 0 aliphatic carbocycles. The molecule has 1 saturated heterocycles. The van der Waals surface area contributed by atoms with Crippen LogP contribution in [0.15, 0.2) is 0 Å². The Kier molecular flexibility index (Phi) is 11.7. The van der Waals surface area contributed by atoms with Gasteiger partial charge in [-0.05, 0) is 46.5 Å². The Morgan fingerprint density at radius 2 is 1.79 bits per heavy atom. The standard InChI is InChI=1S/C22H43N3O3/c1-5-6-9-12-19(26)14-17-24-18-15-21(28)25(24)16-11-8-7-10-13-20(27)23-22(2,3)4/h19,26H,5-18H2,1-4H3,(H,23,27). The fraction of sp³-hybridized carbons (Fsp3) is 0.909. The molecule has 1 fully saturated rings. The Hall–Kier alpha value is -1.14. The van der Waals surface area contributed by atoms with Gasteiger partial charge in [0.1, 0.15) is 0 Å². The number of aliphatic hydroxyl groups excluding tert-OH is 1. The highest BCUT2D eigenvalue weighted by Gasteiger charge is 2.28. The van der Waals surface area contributed by atoms with E-state index in [4.69, 9.17) is 0 Å². The van der Waals surface area contributed by atoms with E-state index >= 15 is 0 Å². The highest BCUT2D eigenvalue weighted by atomic mass is 16.3. The zero-order chi connectivity index (χ0) is 21.0. The SMILES string of the molecule is CCCCCC(O)CCN1CCC(=O)N1CCCCCCC(=O)NC(C)(C)C. The van der Waals surface area contributed by atoms with Gasteiger partial charge < -0.3 is 10.4 Å². The maximum atomic E-state index is 12.2. The van der Waals surface area contributed by atoms with Crippen molar-refractivity contribution in [2.24, 2.45) is 0 Å². The molecule has 0 spiro atoms. The number of nitrogens with zero attached hydrogens (tertiary/aromatic N) is 2. The Balaban J connectivity index is 2.17. The number of rotatable bonds is 14. The fourth-order valence-electron chi connectivity index (χ4n) is 3.58. The van der Waals surface area contributed by atoms with Crippen LogP contribution in [0.3, 0.4) is 0 Å². The quantitative estimate of drug-likeness (QED) is 0.439. The molecular formula is C22H43N3O3. The lowest BCUT2D eigenvalue weighted by Gasteiger charge is -2.28. The number of hydrazine groups is 1. The number of hydrogen-bond acceptors (Lipinski definition) is 4. The summed E-state index contributed by atoms with van der Waals surface area (Å²) in [7, 11) is 0. The molecule has 1 aliphatic heterocycles. The van der Waals surface area contributed by atoms with Crippen LogP contribution in [-0.4, -0.2) is 58.2 Å². The van der Waals surface area contributed by atoms with Crippen molar-refractivity contribution >= 4 is 11.8 Å². The first-order valence-corrected chi connectivity index (χ1v) is 11.3. The maximum absolute atomic E-state index is 12.2. The van der Waals surface area contributed by atoms with E-state index in [0.717, 1.165) is 64.6 Å². The minimum absolute atomic E-state index is 0.117. The Bertz CT molecular complexity index is 462. The van der Waals surface area contributed by atoms with Gasteiger partial charge in [-0.1, -0.05) is 39.0 Å². The monoisotopic (exact) mass is 397 g/mol. The second kappa shape index (κ2) is 13.2. The van der Waals surface area contributed by atoms with Crippen LogP contribution in [0.5, 0.6) is 0 Å². The molecule has 0 aromatic carbocycles. The summed E-state index contributed by atoms with van der Waals surface area (Å²) in [6.07, 6.45) is 9.79. The number of carbonyl (C=O) groups excluding carboxylic acids is 2. The van der Waals surface area contributed by atoms with Crippen molar-refractivity contribution in [1.29, 1.82) is 0 Å². The van der Waals surface area contributed by atoms with Gasteiger partial charge in [-0.3, -0.25) is 14.6 Å². The van der Waals surface area contributed by atoms with Crippen molar-refractivity contribution in [3.63, 3.8) is 0 Å². The lowest BCUT2D eigenvalue weighted by Crippen LogP contribution is -2.41. The van der Waals surface area contributed by atoms with Crippen LogP contribution in [0.2, 0.25) is 0 Å². The van der Waals surface area contributed by atoms with Gasteiger partial charge in [-0.15, -0.1) is 0 Å². The van der Waals surface area contributed by atoms with E-state index in [2.05, 4.69) is 17.2 Å². The molecule has 1 heterocycles. The van der Waals surface area contributed by atoms with Crippen molar-refractivity contribution in [2.75, 3.05) is 19.6 Å². The number of unbranched alkanes of at least 4 members (excludes halogenated alkanes) is 5. The van der Waals surface area contributed by atoms with Gasteiger partial charge in [0.2, 0.25) is 11.8 Å². The Morgan fingerprint density at radius 3 is 2.46 bits per heavy atom. The molecule has 2 amide bonds. The van der Waals surface area contributed by atoms with Crippen molar-refractivity contribution < 1.29 is 14.7 Å². The van der Waals surface area contributed by atoms with Crippen LogP contribution in [0.25, 0.3) is 0 Å². The summed E-state index contributed by atoms with van der Waals surface area (Å²) in [5, 5.41) is 17.1. The fourth-order valence-corrected chi connectivity index (χ4v) is 3.58. The highest BCUT2D eigenvalue weighted by Crippen LogP contribution is 2.16. The third-order valence-corrected chi connectivity index (χ3v) is 5.11. The van der Waals surface area contributed by atoms with Gasteiger partial charge >= 0.3 is 0 Å². The molecule has 0 bridgehead atoms. The second-order valence-electron chi connectivity index (χ2n) is 9.12. The van der Waals surface area contributed by atoms with Crippen molar-refractivity contribution in [3.8, 4) is 0 Å². The molecule has 1 atom stereocenters. The molecule has 1 rings (SSSR count). The van der Waals surface area contributed by atoms with Gasteiger partial charge in [0, 0.05) is 38.0 Å². The first-order valence-electron chi connectivity index (χ1n) is 11.3. The van der Waals surface area contributed by atoms with E-state index < -0.39 is 0 Å². The zero-order valence-electron chi connectivity index (χ0n) is 18.6. The third-order valence-electron chi connectivity index (χ3n) is 5.11. The van der Waals surface area contributed by atoms with E-state index in [1.807, 2.05) is 25.8 Å². The number of hydrogen-bond donors (Lipinski definition) is 2. The first kappa shape index (κ1) is 24.9. The topological polar surface area (TPSA) is 72.9 Å². The van der Waals surface area contributed by atoms with Gasteiger partial charge in [0.05, 0.1) is 6.10 Å². The summed E-state index contributed by atoms with van der Waals surface area (Å²) in [5.41, 5.74) is -0.166. The summed E-state index contributed by atoms with van der Waals surface area (Å²) < 4.78 is 0. The van der Waals surface area contributed by atoms with Crippen molar-refractivity contribution in [2.45, 2.75) is 110 Å². The average Bonchev–Trinajstić information content (AvgIpc) is 2.95. The minimum Gasteiger partial charge on any atom is -0.393 e. The van der Waals surface area contributed by atoms with E-state index in [1.165, 1.54) is 12.8 Å². The average molecular weight is 398 g/mol. The Morgan fingerprint density at radius 1 is 1.07 bits per heavy atom. The molecular weight excluding hydrogens is 354 g/mol. The predicted octanol–water partition coefficient (Wildman–Crippen LogP) is 3.63. The largest absolute Gasteiger partial charge is 0.393 e. The Labute approximate surface area is 172 Å². The molecule has 1 unspecified atom stereocenters. The van der Waals surface area contributed by atoms with Crippen LogP contribution in [0, 0.1) is 0 Å². The number of amides is 2. The molecule has 164 valence electrons. The van der Waals surface area contributed by atoms with Gasteiger partial charge in [0.15, 0.2) is 0 Å². The van der Waals surface area contributed by atoms with Gasteiger partial charge in [-0.2, -0.15) is 0 Å². The summed E-state index contributed by atoms with van der Waals surface area (Å²) in [5.74, 6) is 0.316. The zero-order valence-corrected chi connectivity index (χ0v) is 18.6. The normalized spacial score (nSPS) is 16.6. The summed E-state index contributed by atoms with van der Waals surface area (Å²) in [6, 6.07) is 0. The number of nitrogens with one attached hydrogen (secondary N) is 1. The molecule has 0 saturated carbocycles. The van der Waals surface area contributed by atoms with Crippen molar-refractivity contribution in [1.82, 2.24) is 15.3 Å².